The van der Waals surface area contributed by atoms with Crippen molar-refractivity contribution in [3.05, 3.63) is 106 Å². The highest BCUT2D eigenvalue weighted by molar-refractivity contribution is 5.99. The van der Waals surface area contributed by atoms with Crippen molar-refractivity contribution in [2.45, 2.75) is 190 Å². The van der Waals surface area contributed by atoms with Crippen LogP contribution < -0.4 is 42.5 Å². The number of likely N-dealkylation sites (tertiary alicyclic amines) is 2. The number of carbonyl (C=O) groups is 8. The Morgan fingerprint density at radius 1 is 0.463 bits per heavy atom. The second-order valence-electron chi connectivity index (χ2n) is 23.5. The molecule has 2 saturated heterocycles. The Morgan fingerprint density at radius 3 is 1.21 bits per heavy atom. The van der Waals surface area contributed by atoms with Crippen LogP contribution in [0.4, 0.5) is 0 Å². The van der Waals surface area contributed by atoms with E-state index in [1.807, 2.05) is 36.4 Å². The van der Waals surface area contributed by atoms with E-state index in [9.17, 15) is 38.4 Å². The van der Waals surface area contributed by atoms with Crippen molar-refractivity contribution < 1.29 is 38.4 Å². The van der Waals surface area contributed by atoms with E-state index in [2.05, 4.69) is 54.7 Å². The summed E-state index contributed by atoms with van der Waals surface area (Å²) in [6.07, 6.45) is 14.4. The summed E-state index contributed by atoms with van der Waals surface area (Å²) < 4.78 is 0. The van der Waals surface area contributed by atoms with Gasteiger partial charge in [0.1, 0.15) is 24.2 Å². The van der Waals surface area contributed by atoms with E-state index in [-0.39, 0.29) is 96.4 Å². The van der Waals surface area contributed by atoms with Crippen molar-refractivity contribution in [2.24, 2.45) is 11.8 Å². The largest absolute Gasteiger partial charge is 0.347 e. The minimum absolute atomic E-state index is 0.0573. The predicted octanol–water partition coefficient (Wildman–Crippen LogP) is 4.82. The molecule has 6 aliphatic rings. The van der Waals surface area contributed by atoms with Gasteiger partial charge in [-0.15, -0.1) is 0 Å². The van der Waals surface area contributed by atoms with Gasteiger partial charge in [0.25, 0.3) is 11.8 Å². The molecule has 0 bridgehead atoms. The molecule has 8 amide bonds. The molecule has 8 N–H and O–H groups in total. The highest BCUT2D eigenvalue weighted by Gasteiger charge is 2.47. The topological polar surface area (TPSA) is 239 Å². The summed E-state index contributed by atoms with van der Waals surface area (Å²) in [4.78, 5) is 117. The fourth-order valence-corrected chi connectivity index (χ4v) is 13.4. The number of aryl methyl sites for hydroxylation is 2. The molecule has 0 radical (unpaired) electrons. The van der Waals surface area contributed by atoms with Crippen LogP contribution in [0.1, 0.15) is 172 Å². The molecule has 10 atom stereocenters. The minimum Gasteiger partial charge on any atom is -0.347 e. The number of amides is 8. The Balaban J connectivity index is 0.896. The summed E-state index contributed by atoms with van der Waals surface area (Å²) in [5.41, 5.74) is 5.02. The average Bonchev–Trinajstić information content (AvgIpc) is 4.12. The summed E-state index contributed by atoms with van der Waals surface area (Å²) in [7, 11) is 3.38. The van der Waals surface area contributed by atoms with Gasteiger partial charge in [-0.25, -0.2) is 0 Å². The first kappa shape index (κ1) is 58.0. The van der Waals surface area contributed by atoms with Gasteiger partial charge in [0.15, 0.2) is 0 Å². The molecule has 3 aromatic carbocycles. The van der Waals surface area contributed by atoms with Gasteiger partial charge < -0.3 is 52.3 Å². The van der Waals surface area contributed by atoms with Gasteiger partial charge in [0.05, 0.1) is 24.2 Å². The molecule has 4 aliphatic carbocycles. The van der Waals surface area contributed by atoms with Crippen LogP contribution in [0.5, 0.6) is 0 Å². The van der Waals surface area contributed by atoms with Crippen LogP contribution in [-0.2, 0) is 41.6 Å². The van der Waals surface area contributed by atoms with Gasteiger partial charge >= 0.3 is 0 Å². The Bertz CT molecular complexity index is 2540. The fourth-order valence-electron chi connectivity index (χ4n) is 13.4. The van der Waals surface area contributed by atoms with Crippen LogP contribution in [0.15, 0.2) is 72.8 Å². The van der Waals surface area contributed by atoms with Crippen LogP contribution in [0.3, 0.4) is 0 Å². The molecular weight excluding hydrogens is 1010 g/mol. The SMILES string of the molecule is CN[C@@H](C)C(=O)NC(C(=O)N1C[C@@H](NC(=O)c2ccc(C(=O)N[C@H]3C[C@@H](C(=O)N[C@@H]4CCCc5ccccc54)N(C(=O)[C@@H](NC(=O)[C@H](C)NC)C4CCCCC4)C3)cc2)C[C@H]1C(=O)N[C@@H]1CCCc2ccccc21)C1CCCCC1. The number of hydrogen-bond donors (Lipinski definition) is 8. The molecule has 2 aliphatic heterocycles. The first-order valence-electron chi connectivity index (χ1n) is 29.8. The minimum atomic E-state index is -0.909. The molecule has 80 heavy (non-hydrogen) atoms. The highest BCUT2D eigenvalue weighted by atomic mass is 16.2. The van der Waals surface area contributed by atoms with Crippen molar-refractivity contribution in [1.29, 1.82) is 0 Å². The first-order chi connectivity index (χ1) is 38.7. The molecule has 4 fully saturated rings. The fraction of sp³-hybridized carbons (Fsp3) is 0.581. The number of fused-ring (bicyclic) bond motifs is 2. The third kappa shape index (κ3) is 13.6. The normalized spacial score (nSPS) is 24.6. The van der Waals surface area contributed by atoms with Crippen LogP contribution in [0.2, 0.25) is 0 Å². The molecule has 0 spiro atoms. The summed E-state index contributed by atoms with van der Waals surface area (Å²) in [5.74, 6) is -2.99. The van der Waals surface area contributed by atoms with Crippen molar-refractivity contribution >= 4 is 47.3 Å². The van der Waals surface area contributed by atoms with Gasteiger partial charge in [-0.05, 0) is 163 Å². The Kier molecular flexibility index (Phi) is 19.4. The Labute approximate surface area is 471 Å². The third-order valence-corrected chi connectivity index (χ3v) is 18.2. The molecule has 430 valence electrons. The number of likely N-dealkylation sites (N-methyl/N-ethyl adjacent to an activating group) is 2. The van der Waals surface area contributed by atoms with Crippen molar-refractivity contribution in [1.82, 2.24) is 52.3 Å². The third-order valence-electron chi connectivity index (χ3n) is 18.2. The monoisotopic (exact) mass is 1100 g/mol. The van der Waals surface area contributed by atoms with Crippen LogP contribution in [0.25, 0.3) is 0 Å². The first-order valence-corrected chi connectivity index (χ1v) is 29.8. The quantitative estimate of drug-likeness (QED) is 0.0865. The lowest BCUT2D eigenvalue weighted by atomic mass is 9.83. The van der Waals surface area contributed by atoms with Crippen LogP contribution >= 0.6 is 0 Å². The van der Waals surface area contributed by atoms with E-state index in [0.717, 1.165) is 114 Å². The van der Waals surface area contributed by atoms with E-state index in [1.54, 1.807) is 62.0 Å². The van der Waals surface area contributed by atoms with E-state index >= 15 is 0 Å². The van der Waals surface area contributed by atoms with Gasteiger partial charge in [-0.2, -0.15) is 0 Å². The second kappa shape index (κ2) is 26.7. The number of rotatable bonds is 18. The number of nitrogens with one attached hydrogen (secondary N) is 8. The molecule has 3 aromatic rings. The lowest BCUT2D eigenvalue weighted by Crippen LogP contribution is -2.58. The van der Waals surface area contributed by atoms with E-state index in [1.165, 1.54) is 11.1 Å². The smallest absolute Gasteiger partial charge is 0.251 e. The van der Waals surface area contributed by atoms with Gasteiger partial charge in [0, 0.05) is 36.3 Å². The number of benzene rings is 3. The number of carbonyl (C=O) groups excluding carboxylic acids is 8. The molecule has 2 saturated carbocycles. The number of nitrogens with zero attached hydrogens (tertiary/aromatic N) is 2. The zero-order chi connectivity index (χ0) is 56.5. The summed E-state index contributed by atoms with van der Waals surface area (Å²) in [5, 5.41) is 24.7. The van der Waals surface area contributed by atoms with Gasteiger partial charge in [-0.3, -0.25) is 38.4 Å². The van der Waals surface area contributed by atoms with Crippen LogP contribution in [0, 0.1) is 11.8 Å². The molecule has 18 heteroatoms. The molecule has 2 heterocycles. The van der Waals surface area contributed by atoms with E-state index < -0.39 is 60.1 Å². The summed E-state index contributed by atoms with van der Waals surface area (Å²) in [6.45, 7) is 3.59. The van der Waals surface area contributed by atoms with Crippen molar-refractivity contribution in [3.8, 4) is 0 Å². The average molecular weight is 1100 g/mol. The van der Waals surface area contributed by atoms with E-state index in [4.69, 9.17) is 0 Å². The van der Waals surface area contributed by atoms with E-state index in [0.29, 0.717) is 0 Å². The highest BCUT2D eigenvalue weighted by Crippen LogP contribution is 2.35. The maximum absolute atomic E-state index is 14.9. The van der Waals surface area contributed by atoms with Crippen molar-refractivity contribution in [3.63, 3.8) is 0 Å². The van der Waals surface area contributed by atoms with Gasteiger partial charge in [0.2, 0.25) is 35.4 Å². The second-order valence-corrected chi connectivity index (χ2v) is 23.5. The lowest BCUT2D eigenvalue weighted by molar-refractivity contribution is -0.143. The summed E-state index contributed by atoms with van der Waals surface area (Å²) in [6, 6.07) is 16.1. The Morgan fingerprint density at radius 2 is 0.838 bits per heavy atom. The zero-order valence-electron chi connectivity index (χ0n) is 47.2. The maximum Gasteiger partial charge on any atom is 0.251 e. The number of hydrogen-bond acceptors (Lipinski definition) is 10. The standard InChI is InChI=1S/C62H84N10O8/c1-37(63-3)55(73)69-53(41-19-7-5-8-20-41)61(79)71-35-45(33-51(71)59(77)67-49-27-15-23-39-17-11-13-25-47(39)49)65-57(75)43-29-31-44(32-30-43)58(76)66-46-34-52(60(78)68-50-28-16-24-40-18-12-14-26-48(40)50)72(36-46)62(80)54(42-21-9-6-10-22-42)70-56(74)38(2)64-4/h11-14,17-18,25-26,29-32,37-38,41-42,45-46,49-54,63-64H,5-10,15-16,19-24,27-28,33-36H2,1-4H3,(H,65,75)(H,66,76)(H,67,77)(H,68,78)(H,69,73)(H,70,74)/t37-,38-,45-,46-,49+,50+,51-,52-,53-,54?/m0/s1. The van der Waals surface area contributed by atoms with Gasteiger partial charge in [-0.1, -0.05) is 87.1 Å². The summed E-state index contributed by atoms with van der Waals surface area (Å²) >= 11 is 0. The lowest BCUT2D eigenvalue weighted by Gasteiger charge is -2.35. The molecular formula is C62H84N10O8. The zero-order valence-corrected chi connectivity index (χ0v) is 47.2. The Hall–Kier alpha value is -6.66. The molecule has 1 unspecified atom stereocenters. The molecule has 0 aromatic heterocycles. The molecule has 9 rings (SSSR count). The predicted molar refractivity (Wildman–Crippen MR) is 304 cm³/mol. The van der Waals surface area contributed by atoms with Crippen molar-refractivity contribution in [2.75, 3.05) is 27.2 Å². The van der Waals surface area contributed by atoms with Crippen LogP contribution in [-0.4, -0.2) is 133 Å². The molecule has 18 nitrogen and oxygen atoms in total. The maximum atomic E-state index is 14.9.